The van der Waals surface area contributed by atoms with E-state index in [0.717, 1.165) is 11.4 Å². The molecule has 0 spiro atoms. The number of halogens is 2. The van der Waals surface area contributed by atoms with Gasteiger partial charge in [0.25, 0.3) is 0 Å². The third-order valence-electron chi connectivity index (χ3n) is 11.4. The number of aromatic nitrogens is 2. The molecule has 340 valence electrons. The summed E-state index contributed by atoms with van der Waals surface area (Å²) in [5, 5.41) is 6.83. The first-order chi connectivity index (χ1) is 30.3. The fourth-order valence-electron chi connectivity index (χ4n) is 8.39. The van der Waals surface area contributed by atoms with Crippen molar-refractivity contribution in [1.82, 2.24) is 30.4 Å². The molecule has 2 aromatic carbocycles. The summed E-state index contributed by atoms with van der Waals surface area (Å²) < 4.78 is 17.4. The minimum absolute atomic E-state index is 0.0169. The van der Waals surface area contributed by atoms with E-state index in [1.54, 1.807) is 9.80 Å². The second kappa shape index (κ2) is 18.9. The first kappa shape index (κ1) is 46.4. The van der Waals surface area contributed by atoms with Crippen molar-refractivity contribution < 1.29 is 33.4 Å². The Morgan fingerprint density at radius 3 is 1.81 bits per heavy atom. The van der Waals surface area contributed by atoms with E-state index in [0.29, 0.717) is 100 Å². The summed E-state index contributed by atoms with van der Waals surface area (Å²) in [6.07, 6.45) is 1.82. The van der Waals surface area contributed by atoms with Crippen LogP contribution in [0.3, 0.4) is 0 Å². The summed E-state index contributed by atoms with van der Waals surface area (Å²) in [6, 6.07) is 18.3. The van der Waals surface area contributed by atoms with Gasteiger partial charge in [0.2, 0.25) is 17.7 Å². The topological polar surface area (TPSA) is 156 Å². The number of carbonyl (C=O) groups is 4. The SMILES string of the molecule is COc1nc(-c2cccc(-c3cccc(-c4ccc5c(n4)N(C)CCC5N(C[C@@H]4CCC(=O)N4)C(=O)OC(C)(C)C)c3Cl)c2Cl)ccc1CN(C[C@@H]1CCC(=O)N1)C(=O)OC(C)(C)C. The molecule has 14 nitrogen and oxygen atoms in total. The monoisotopic (exact) mass is 913 g/mol. The molecule has 0 saturated carbocycles. The van der Waals surface area contributed by atoms with Gasteiger partial charge in [-0.15, -0.1) is 0 Å². The minimum Gasteiger partial charge on any atom is -0.481 e. The molecule has 2 saturated heterocycles. The maximum Gasteiger partial charge on any atom is 0.410 e. The second-order valence-electron chi connectivity index (χ2n) is 18.6. The van der Waals surface area contributed by atoms with Crippen molar-refractivity contribution in [3.8, 4) is 39.5 Å². The van der Waals surface area contributed by atoms with Crippen LogP contribution in [0.2, 0.25) is 10.0 Å². The molecule has 3 aliphatic rings. The molecule has 7 rings (SSSR count). The van der Waals surface area contributed by atoms with Crippen molar-refractivity contribution in [3.63, 3.8) is 0 Å². The van der Waals surface area contributed by atoms with Gasteiger partial charge in [-0.25, -0.2) is 19.6 Å². The lowest BCUT2D eigenvalue weighted by Crippen LogP contribution is -2.47. The molecule has 1 unspecified atom stereocenters. The summed E-state index contributed by atoms with van der Waals surface area (Å²) in [5.41, 5.74) is 4.05. The van der Waals surface area contributed by atoms with E-state index in [4.69, 9.17) is 47.4 Å². The summed E-state index contributed by atoms with van der Waals surface area (Å²) in [6.45, 7) is 12.3. The number of nitrogens with zero attached hydrogens (tertiary/aromatic N) is 5. The van der Waals surface area contributed by atoms with Crippen LogP contribution in [0.5, 0.6) is 5.88 Å². The van der Waals surface area contributed by atoms with Gasteiger partial charge in [-0.3, -0.25) is 14.5 Å². The molecule has 3 atom stereocenters. The van der Waals surface area contributed by atoms with Crippen LogP contribution in [0.1, 0.15) is 90.8 Å². The Morgan fingerprint density at radius 2 is 1.27 bits per heavy atom. The highest BCUT2D eigenvalue weighted by molar-refractivity contribution is 6.39. The predicted molar refractivity (Wildman–Crippen MR) is 247 cm³/mol. The van der Waals surface area contributed by atoms with Gasteiger partial charge in [-0.05, 0) is 79.0 Å². The smallest absolute Gasteiger partial charge is 0.410 e. The van der Waals surface area contributed by atoms with Crippen LogP contribution in [0.4, 0.5) is 15.4 Å². The molecule has 0 aliphatic carbocycles. The Kier molecular flexibility index (Phi) is 13.7. The van der Waals surface area contributed by atoms with Gasteiger partial charge in [0, 0.05) is 85.0 Å². The summed E-state index contributed by atoms with van der Waals surface area (Å²) >= 11 is 14.5. The van der Waals surface area contributed by atoms with E-state index in [2.05, 4.69) is 15.5 Å². The lowest BCUT2D eigenvalue weighted by Gasteiger charge is -2.40. The highest BCUT2D eigenvalue weighted by Gasteiger charge is 2.37. The first-order valence-corrected chi connectivity index (χ1v) is 22.4. The standard InChI is InChI=1S/C48H57Cl2N7O7/c1-47(2,3)63-45(60)56(26-29-16-21-39(58)51-29)25-28-15-19-37(54-44(28)62-8)34-14-10-12-32(42(34)50)31-11-9-13-33(41(31)49)36-20-18-35-38(23-24-55(7)43(35)53-36)57(46(61)64-48(4,5)6)27-30-17-22-40(59)52-30/h9-15,18-20,29-30,38H,16-17,21-27H2,1-8H3,(H,51,58)(H,52,59)/t29-,30-,38?/m0/s1. The number of nitrogens with one attached hydrogen (secondary N) is 2. The molecule has 4 aromatic rings. The zero-order chi connectivity index (χ0) is 46.1. The lowest BCUT2D eigenvalue weighted by atomic mass is 9.95. The second-order valence-corrected chi connectivity index (χ2v) is 19.4. The average molecular weight is 915 g/mol. The highest BCUT2D eigenvalue weighted by Crippen LogP contribution is 2.44. The summed E-state index contributed by atoms with van der Waals surface area (Å²) in [5.74, 6) is 0.979. The maximum absolute atomic E-state index is 13.8. The predicted octanol–water partition coefficient (Wildman–Crippen LogP) is 9.21. The third-order valence-corrected chi connectivity index (χ3v) is 12.2. The number of methoxy groups -OCH3 is 1. The average Bonchev–Trinajstić information content (AvgIpc) is 3.85. The van der Waals surface area contributed by atoms with Crippen LogP contribution in [0.15, 0.2) is 60.7 Å². The zero-order valence-corrected chi connectivity index (χ0v) is 39.2. The largest absolute Gasteiger partial charge is 0.481 e. The van der Waals surface area contributed by atoms with Crippen molar-refractivity contribution in [1.29, 1.82) is 0 Å². The van der Waals surface area contributed by atoms with Crippen LogP contribution in [0.25, 0.3) is 33.6 Å². The quantitative estimate of drug-likeness (QED) is 0.149. The van der Waals surface area contributed by atoms with Gasteiger partial charge in [0.1, 0.15) is 17.0 Å². The Bertz CT molecular complexity index is 2430. The Labute approximate surface area is 384 Å². The summed E-state index contributed by atoms with van der Waals surface area (Å²) in [7, 11) is 3.50. The number of hydrogen-bond donors (Lipinski definition) is 2. The molecule has 2 aromatic heterocycles. The number of ether oxygens (including phenoxy) is 3. The Hall–Kier alpha value is -5.60. The van der Waals surface area contributed by atoms with E-state index in [9.17, 15) is 19.2 Å². The minimum atomic E-state index is -0.716. The molecular formula is C48H57Cl2N7O7. The molecule has 4 amide bonds. The highest BCUT2D eigenvalue weighted by atomic mass is 35.5. The fourth-order valence-corrected chi connectivity index (χ4v) is 9.03. The summed E-state index contributed by atoms with van der Waals surface area (Å²) in [4.78, 5) is 66.6. The van der Waals surface area contributed by atoms with Crippen LogP contribution < -0.4 is 20.3 Å². The van der Waals surface area contributed by atoms with E-state index < -0.39 is 23.4 Å². The molecule has 64 heavy (non-hydrogen) atoms. The van der Waals surface area contributed by atoms with Gasteiger partial charge in [-0.2, -0.15) is 0 Å². The third kappa shape index (κ3) is 10.7. The Morgan fingerprint density at radius 1 is 0.734 bits per heavy atom. The van der Waals surface area contributed by atoms with E-state index >= 15 is 0 Å². The molecule has 0 bridgehead atoms. The maximum atomic E-state index is 13.8. The number of rotatable bonds is 11. The molecule has 16 heteroatoms. The number of carbonyl (C=O) groups excluding carboxylic acids is 4. The van der Waals surface area contributed by atoms with Crippen LogP contribution >= 0.6 is 23.2 Å². The first-order valence-electron chi connectivity index (χ1n) is 21.7. The normalized spacial score (nSPS) is 18.5. The van der Waals surface area contributed by atoms with Crippen LogP contribution in [-0.2, 0) is 25.6 Å². The van der Waals surface area contributed by atoms with Crippen molar-refractivity contribution in [2.24, 2.45) is 0 Å². The van der Waals surface area contributed by atoms with E-state index in [1.807, 2.05) is 109 Å². The van der Waals surface area contributed by atoms with E-state index in [1.165, 1.54) is 7.11 Å². The van der Waals surface area contributed by atoms with Gasteiger partial charge in [0.15, 0.2) is 0 Å². The number of hydrogen-bond acceptors (Lipinski definition) is 10. The molecule has 0 radical (unpaired) electrons. The van der Waals surface area contributed by atoms with Crippen LogP contribution in [-0.4, -0.2) is 101 Å². The number of fused-ring (bicyclic) bond motifs is 1. The van der Waals surface area contributed by atoms with Gasteiger partial charge in [-0.1, -0.05) is 65.7 Å². The van der Waals surface area contributed by atoms with E-state index in [-0.39, 0.29) is 43.0 Å². The van der Waals surface area contributed by atoms with Crippen molar-refractivity contribution >= 4 is 53.0 Å². The lowest BCUT2D eigenvalue weighted by molar-refractivity contribution is -0.120. The number of amides is 4. The molecule has 3 aliphatic heterocycles. The van der Waals surface area contributed by atoms with Crippen molar-refractivity contribution in [2.45, 2.75) is 110 Å². The zero-order valence-electron chi connectivity index (χ0n) is 37.7. The number of benzene rings is 2. The molecule has 2 fully saturated rings. The van der Waals surface area contributed by atoms with Crippen molar-refractivity contribution in [2.75, 3.05) is 38.7 Å². The fraction of sp³-hybridized carbons (Fsp3) is 0.458. The molecule has 5 heterocycles. The van der Waals surface area contributed by atoms with Crippen molar-refractivity contribution in [3.05, 3.63) is 81.8 Å². The van der Waals surface area contributed by atoms with Gasteiger partial charge in [0.05, 0.1) is 41.1 Å². The number of pyridine rings is 2. The Balaban J connectivity index is 1.17. The molecule has 2 N–H and O–H groups in total. The molecular weight excluding hydrogens is 857 g/mol. The van der Waals surface area contributed by atoms with Gasteiger partial charge >= 0.3 is 12.2 Å². The van der Waals surface area contributed by atoms with Crippen LogP contribution in [0, 0.1) is 0 Å². The number of anilines is 1. The van der Waals surface area contributed by atoms with Gasteiger partial charge < -0.3 is 34.6 Å².